The van der Waals surface area contributed by atoms with Crippen molar-refractivity contribution in [2.24, 2.45) is 0 Å². The zero-order valence-corrected chi connectivity index (χ0v) is 12.3. The summed E-state index contributed by atoms with van der Waals surface area (Å²) in [6.45, 7) is -0.870. The summed E-state index contributed by atoms with van der Waals surface area (Å²) in [6, 6.07) is -0.559. The van der Waals surface area contributed by atoms with Crippen LogP contribution in [0.2, 0.25) is 0 Å². The van der Waals surface area contributed by atoms with Crippen molar-refractivity contribution in [1.82, 2.24) is 10.2 Å². The van der Waals surface area contributed by atoms with Gasteiger partial charge in [0, 0.05) is 0 Å². The van der Waals surface area contributed by atoms with Gasteiger partial charge < -0.3 is 33.8 Å². The maximum absolute atomic E-state index is 11.8. The first-order chi connectivity index (χ1) is 10.6. The van der Waals surface area contributed by atoms with Gasteiger partial charge >= 0.3 is 6.03 Å². The number of nitrogens with zero attached hydrogens (tertiary/aromatic N) is 2. The molecule has 2 rings (SSSR count). The molecule has 2 fully saturated rings. The standard InChI is InChI=1S/C10H14N3O9P/c11-2-4-1-6(14)12-10(17)13(4)9-8(16)7(15)5(22-9)3-21-23(18,19)20/h4-5,7-9,15-16H,1,3H2,(H,12,14,17)(H2,18,19,20)/p-2/t4-,5-,7-,8-,9-/m1/s1. The molecule has 12 nitrogen and oxygen atoms in total. The van der Waals surface area contributed by atoms with Crippen LogP contribution < -0.4 is 15.1 Å². The number of ether oxygens (including phenoxy) is 1. The number of phosphoric acid groups is 1. The fraction of sp³-hybridized carbons (Fsp3) is 0.700. The molecule has 0 aromatic carbocycles. The molecule has 0 aromatic rings. The number of hydrogen-bond donors (Lipinski definition) is 3. The fourth-order valence-electron chi connectivity index (χ4n) is 2.31. The van der Waals surface area contributed by atoms with Crippen molar-refractivity contribution in [3.8, 4) is 6.07 Å². The maximum Gasteiger partial charge on any atom is 0.327 e. The van der Waals surface area contributed by atoms with E-state index in [1.54, 1.807) is 6.07 Å². The smallest absolute Gasteiger partial charge is 0.327 e. The summed E-state index contributed by atoms with van der Waals surface area (Å²) >= 11 is 0. The van der Waals surface area contributed by atoms with Gasteiger partial charge in [-0.05, 0) is 0 Å². The fourth-order valence-corrected chi connectivity index (χ4v) is 2.64. The predicted molar refractivity (Wildman–Crippen MR) is 63.6 cm³/mol. The topological polar surface area (TPSA) is 195 Å². The van der Waals surface area contributed by atoms with Gasteiger partial charge in [-0.1, -0.05) is 0 Å². The van der Waals surface area contributed by atoms with Crippen LogP contribution in [0.4, 0.5) is 4.79 Å². The van der Waals surface area contributed by atoms with E-state index in [-0.39, 0.29) is 6.42 Å². The Hall–Kier alpha value is -1.58. The van der Waals surface area contributed by atoms with Crippen LogP contribution in [0.3, 0.4) is 0 Å². The Bertz CT molecular complexity index is 587. The second-order valence-corrected chi connectivity index (χ2v) is 6.05. The van der Waals surface area contributed by atoms with Crippen molar-refractivity contribution in [1.29, 1.82) is 5.26 Å². The molecule has 3 amide bonds. The normalized spacial score (nSPS) is 35.1. The van der Waals surface area contributed by atoms with Gasteiger partial charge in [0.25, 0.3) is 0 Å². The first-order valence-electron chi connectivity index (χ1n) is 6.34. The van der Waals surface area contributed by atoms with Crippen molar-refractivity contribution in [2.45, 2.75) is 37.0 Å². The largest absolute Gasteiger partial charge is 0.790 e. The van der Waals surface area contributed by atoms with Crippen molar-refractivity contribution < 1.29 is 43.4 Å². The highest BCUT2D eigenvalue weighted by atomic mass is 31.2. The van der Waals surface area contributed by atoms with E-state index in [9.17, 15) is 34.2 Å². The molecule has 3 N–H and O–H groups in total. The molecule has 0 aromatic heterocycles. The molecule has 0 bridgehead atoms. The molecule has 0 aliphatic carbocycles. The van der Waals surface area contributed by atoms with Gasteiger partial charge in [-0.2, -0.15) is 5.26 Å². The van der Waals surface area contributed by atoms with Gasteiger partial charge in [0.2, 0.25) is 5.91 Å². The van der Waals surface area contributed by atoms with Crippen molar-refractivity contribution in [2.75, 3.05) is 6.61 Å². The van der Waals surface area contributed by atoms with Crippen LogP contribution in [0.5, 0.6) is 0 Å². The van der Waals surface area contributed by atoms with Gasteiger partial charge in [0.1, 0.15) is 24.4 Å². The van der Waals surface area contributed by atoms with Crippen LogP contribution in [-0.2, 0) is 18.6 Å². The third kappa shape index (κ3) is 3.85. The number of nitrogens with one attached hydrogen (secondary N) is 1. The van der Waals surface area contributed by atoms with E-state index in [4.69, 9.17) is 10.00 Å². The molecule has 0 saturated carbocycles. The highest BCUT2D eigenvalue weighted by molar-refractivity contribution is 7.43. The summed E-state index contributed by atoms with van der Waals surface area (Å²) < 4.78 is 19.6. The Labute approximate surface area is 129 Å². The van der Waals surface area contributed by atoms with E-state index in [1.807, 2.05) is 5.32 Å². The van der Waals surface area contributed by atoms with E-state index in [1.165, 1.54) is 0 Å². The predicted octanol–water partition coefficient (Wildman–Crippen LogP) is -3.89. The molecule has 5 atom stereocenters. The number of phosphoric ester groups is 1. The number of carbonyl (C=O) groups excluding carboxylic acids is 2. The summed E-state index contributed by atoms with van der Waals surface area (Å²) in [6.07, 6.45) is -6.67. The number of aliphatic hydroxyl groups is 2. The second kappa shape index (κ2) is 6.50. The first-order valence-corrected chi connectivity index (χ1v) is 7.80. The Morgan fingerprint density at radius 2 is 2.09 bits per heavy atom. The quantitative estimate of drug-likeness (QED) is 0.422. The van der Waals surface area contributed by atoms with Crippen molar-refractivity contribution in [3.63, 3.8) is 0 Å². The SMILES string of the molecule is N#C[C@H]1CC(=O)NC(=O)N1[C@@H]1O[C@H](COP(=O)([O-])[O-])[C@@H](O)[C@H]1O. The Morgan fingerprint density at radius 3 is 2.65 bits per heavy atom. The first kappa shape index (κ1) is 17.8. The number of nitriles is 1. The number of carbonyl (C=O) groups is 2. The van der Waals surface area contributed by atoms with E-state index in [0.717, 1.165) is 4.90 Å². The van der Waals surface area contributed by atoms with Gasteiger partial charge in [-0.15, -0.1) is 0 Å². The van der Waals surface area contributed by atoms with Crippen molar-refractivity contribution >= 4 is 19.8 Å². The summed E-state index contributed by atoms with van der Waals surface area (Å²) in [5.41, 5.74) is 0. The molecule has 0 spiro atoms. The monoisotopic (exact) mass is 349 g/mol. The summed E-state index contributed by atoms with van der Waals surface area (Å²) in [7, 11) is -5.32. The molecule has 0 unspecified atom stereocenters. The van der Waals surface area contributed by atoms with Crippen LogP contribution in [0, 0.1) is 11.3 Å². The van der Waals surface area contributed by atoms with Gasteiger partial charge in [0.05, 0.1) is 26.9 Å². The number of amides is 3. The lowest BCUT2D eigenvalue weighted by Crippen LogP contribution is -2.60. The third-order valence-electron chi connectivity index (χ3n) is 3.35. The summed E-state index contributed by atoms with van der Waals surface area (Å²) in [5, 5.41) is 30.7. The van der Waals surface area contributed by atoms with Crippen LogP contribution in [0.15, 0.2) is 0 Å². The van der Waals surface area contributed by atoms with Crippen LogP contribution in [-0.4, -0.2) is 64.2 Å². The second-order valence-electron chi connectivity index (χ2n) is 4.90. The molecule has 2 heterocycles. The van der Waals surface area contributed by atoms with E-state index < -0.39 is 56.9 Å². The molecule has 2 aliphatic heterocycles. The average molecular weight is 349 g/mol. The van der Waals surface area contributed by atoms with E-state index in [0.29, 0.717) is 0 Å². The number of urea groups is 1. The van der Waals surface area contributed by atoms with Gasteiger partial charge in [-0.3, -0.25) is 15.0 Å². The molecule has 23 heavy (non-hydrogen) atoms. The third-order valence-corrected chi connectivity index (χ3v) is 3.82. The lowest BCUT2D eigenvalue weighted by molar-refractivity contribution is -0.343. The minimum Gasteiger partial charge on any atom is -0.790 e. The zero-order chi connectivity index (χ0) is 17.4. The molecule has 0 radical (unpaired) electrons. The lowest BCUT2D eigenvalue weighted by atomic mass is 10.1. The van der Waals surface area contributed by atoms with Crippen molar-refractivity contribution in [3.05, 3.63) is 0 Å². The minimum atomic E-state index is -5.32. The highest BCUT2D eigenvalue weighted by Crippen LogP contribution is 2.31. The summed E-state index contributed by atoms with van der Waals surface area (Å²) in [5.74, 6) is -0.690. The maximum atomic E-state index is 11.8. The van der Waals surface area contributed by atoms with Gasteiger partial charge in [-0.25, -0.2) is 4.79 Å². The number of aliphatic hydroxyl groups excluding tert-OH is 2. The average Bonchev–Trinajstić information content (AvgIpc) is 2.71. The minimum absolute atomic E-state index is 0.359. The molecular weight excluding hydrogens is 337 g/mol. The molecule has 128 valence electrons. The number of imide groups is 1. The number of rotatable bonds is 4. The highest BCUT2D eigenvalue weighted by Gasteiger charge is 2.50. The van der Waals surface area contributed by atoms with E-state index >= 15 is 0 Å². The number of hydrogen-bond acceptors (Lipinski definition) is 10. The molecular formula is C10H12N3O9P-2. The Balaban J connectivity index is 2.13. The van der Waals surface area contributed by atoms with Crippen LogP contribution >= 0.6 is 7.82 Å². The Kier molecular flexibility index (Phi) is 5.02. The van der Waals surface area contributed by atoms with Crippen LogP contribution in [0.1, 0.15) is 6.42 Å². The Morgan fingerprint density at radius 1 is 1.43 bits per heavy atom. The lowest BCUT2D eigenvalue weighted by Gasteiger charge is -2.36. The van der Waals surface area contributed by atoms with Gasteiger partial charge in [0.15, 0.2) is 6.23 Å². The molecule has 2 aliphatic rings. The van der Waals surface area contributed by atoms with E-state index in [2.05, 4.69) is 4.52 Å². The molecule has 2 saturated heterocycles. The summed E-state index contributed by atoms with van der Waals surface area (Å²) in [4.78, 5) is 44.7. The van der Waals surface area contributed by atoms with Crippen LogP contribution in [0.25, 0.3) is 0 Å². The zero-order valence-electron chi connectivity index (χ0n) is 11.4. The molecule has 13 heteroatoms.